The van der Waals surface area contributed by atoms with Crippen molar-refractivity contribution in [2.45, 2.75) is 38.9 Å². The topological polar surface area (TPSA) is 83.6 Å². The number of amides is 2. The molecule has 0 aromatic carbocycles. The van der Waals surface area contributed by atoms with Gasteiger partial charge in [-0.15, -0.1) is 0 Å². The molecule has 7 nitrogen and oxygen atoms in total. The Morgan fingerprint density at radius 2 is 1.84 bits per heavy atom. The van der Waals surface area contributed by atoms with Gasteiger partial charge >= 0.3 is 0 Å². The zero-order chi connectivity index (χ0) is 17.8. The highest BCUT2D eigenvalue weighted by atomic mass is 16.5. The van der Waals surface area contributed by atoms with Crippen molar-refractivity contribution in [1.29, 1.82) is 0 Å². The van der Waals surface area contributed by atoms with E-state index in [1.807, 2.05) is 19.9 Å². The quantitative estimate of drug-likeness (QED) is 0.750. The van der Waals surface area contributed by atoms with E-state index >= 15 is 0 Å². The molecule has 0 spiro atoms. The molecular formula is C18H26N4O3. The van der Waals surface area contributed by atoms with Crippen molar-refractivity contribution >= 4 is 17.6 Å². The molecule has 25 heavy (non-hydrogen) atoms. The van der Waals surface area contributed by atoms with Gasteiger partial charge in [-0.2, -0.15) is 0 Å². The van der Waals surface area contributed by atoms with Crippen LogP contribution >= 0.6 is 0 Å². The summed E-state index contributed by atoms with van der Waals surface area (Å²) in [6.45, 7) is 6.56. The lowest BCUT2D eigenvalue weighted by Gasteiger charge is -2.36. The molecule has 0 bridgehead atoms. The van der Waals surface area contributed by atoms with Crippen LogP contribution < -0.4 is 15.5 Å². The number of hydrogen-bond donors (Lipinski definition) is 2. The lowest BCUT2D eigenvalue weighted by atomic mass is 10.2. The number of morpholine rings is 1. The van der Waals surface area contributed by atoms with E-state index in [9.17, 15) is 9.59 Å². The number of ether oxygens (including phenoxy) is 1. The van der Waals surface area contributed by atoms with Gasteiger partial charge in [-0.25, -0.2) is 4.98 Å². The minimum atomic E-state index is -0.177. The van der Waals surface area contributed by atoms with Crippen LogP contribution in [0.1, 0.15) is 37.0 Å². The molecule has 0 unspecified atom stereocenters. The lowest BCUT2D eigenvalue weighted by molar-refractivity contribution is -0.122. The predicted molar refractivity (Wildman–Crippen MR) is 94.5 cm³/mol. The zero-order valence-corrected chi connectivity index (χ0v) is 14.8. The molecule has 1 saturated carbocycles. The van der Waals surface area contributed by atoms with Gasteiger partial charge < -0.3 is 20.3 Å². The van der Waals surface area contributed by atoms with Crippen molar-refractivity contribution in [3.05, 3.63) is 23.9 Å². The molecule has 7 heteroatoms. The number of nitrogens with zero attached hydrogens (tertiary/aromatic N) is 2. The van der Waals surface area contributed by atoms with Gasteiger partial charge in [-0.05, 0) is 38.8 Å². The summed E-state index contributed by atoms with van der Waals surface area (Å²) < 4.78 is 5.73. The van der Waals surface area contributed by atoms with Gasteiger partial charge in [0.2, 0.25) is 5.91 Å². The van der Waals surface area contributed by atoms with E-state index < -0.39 is 0 Å². The summed E-state index contributed by atoms with van der Waals surface area (Å²) in [5.41, 5.74) is 0.520. The summed E-state index contributed by atoms with van der Waals surface area (Å²) in [5.74, 6) is 0.964. The average molecular weight is 346 g/mol. The third kappa shape index (κ3) is 4.92. The van der Waals surface area contributed by atoms with Crippen molar-refractivity contribution in [3.63, 3.8) is 0 Å². The van der Waals surface area contributed by atoms with Gasteiger partial charge in [0.15, 0.2) is 0 Å². The first kappa shape index (κ1) is 17.7. The van der Waals surface area contributed by atoms with E-state index in [1.54, 1.807) is 12.3 Å². The molecule has 2 atom stereocenters. The van der Waals surface area contributed by atoms with Crippen LogP contribution in [-0.4, -0.2) is 55.2 Å². The number of nitrogens with one attached hydrogen (secondary N) is 2. The van der Waals surface area contributed by atoms with Crippen molar-refractivity contribution < 1.29 is 14.3 Å². The maximum Gasteiger partial charge on any atom is 0.252 e. The van der Waals surface area contributed by atoms with Crippen LogP contribution in [0.2, 0.25) is 0 Å². The van der Waals surface area contributed by atoms with Gasteiger partial charge in [-0.3, -0.25) is 9.59 Å². The Balaban J connectivity index is 1.46. The first-order chi connectivity index (χ1) is 12.0. The van der Waals surface area contributed by atoms with E-state index in [-0.39, 0.29) is 29.9 Å². The molecule has 136 valence electrons. The minimum absolute atomic E-state index is 0.0919. The van der Waals surface area contributed by atoms with Gasteiger partial charge in [0.25, 0.3) is 5.91 Å². The van der Waals surface area contributed by atoms with Crippen molar-refractivity contribution in [2.75, 3.05) is 31.1 Å². The Kier molecular flexibility index (Phi) is 5.53. The van der Waals surface area contributed by atoms with Crippen molar-refractivity contribution in [3.8, 4) is 0 Å². The van der Waals surface area contributed by atoms with Gasteiger partial charge in [0, 0.05) is 38.3 Å². The molecule has 0 radical (unpaired) electrons. The van der Waals surface area contributed by atoms with E-state index in [0.717, 1.165) is 31.7 Å². The van der Waals surface area contributed by atoms with E-state index in [2.05, 4.69) is 20.5 Å². The lowest BCUT2D eigenvalue weighted by Crippen LogP contribution is -2.45. The van der Waals surface area contributed by atoms with Gasteiger partial charge in [-0.1, -0.05) is 0 Å². The summed E-state index contributed by atoms with van der Waals surface area (Å²) in [4.78, 5) is 30.2. The molecule has 2 amide bonds. The fraction of sp³-hybridized carbons (Fsp3) is 0.611. The summed E-state index contributed by atoms with van der Waals surface area (Å²) >= 11 is 0. The van der Waals surface area contributed by atoms with Crippen LogP contribution in [0.5, 0.6) is 0 Å². The second-order valence-corrected chi connectivity index (χ2v) is 6.89. The Morgan fingerprint density at radius 3 is 2.44 bits per heavy atom. The monoisotopic (exact) mass is 346 g/mol. The third-order valence-electron chi connectivity index (χ3n) is 4.41. The van der Waals surface area contributed by atoms with Crippen LogP contribution in [0.4, 0.5) is 5.82 Å². The highest BCUT2D eigenvalue weighted by Crippen LogP contribution is 2.28. The van der Waals surface area contributed by atoms with E-state index in [1.165, 1.54) is 0 Å². The number of pyridine rings is 1. The number of hydrogen-bond acceptors (Lipinski definition) is 5. The van der Waals surface area contributed by atoms with Gasteiger partial charge in [0.1, 0.15) is 5.82 Å². The maximum absolute atomic E-state index is 12.1. The summed E-state index contributed by atoms with van der Waals surface area (Å²) in [6.07, 6.45) is 3.89. The fourth-order valence-corrected chi connectivity index (χ4v) is 3.03. The number of anilines is 1. The highest BCUT2D eigenvalue weighted by molar-refractivity contribution is 5.94. The largest absolute Gasteiger partial charge is 0.372 e. The van der Waals surface area contributed by atoms with Crippen LogP contribution in [0, 0.1) is 5.92 Å². The van der Waals surface area contributed by atoms with Crippen molar-refractivity contribution in [2.24, 2.45) is 5.92 Å². The Hall–Kier alpha value is -2.15. The second-order valence-electron chi connectivity index (χ2n) is 6.89. The highest BCUT2D eigenvalue weighted by Gasteiger charge is 2.29. The number of rotatable bonds is 6. The normalized spacial score (nSPS) is 23.2. The first-order valence-electron chi connectivity index (χ1n) is 8.95. The number of carbonyl (C=O) groups excluding carboxylic acids is 2. The number of carbonyl (C=O) groups is 2. The van der Waals surface area contributed by atoms with E-state index in [0.29, 0.717) is 18.7 Å². The molecule has 2 N–H and O–H groups in total. The number of aromatic nitrogens is 1. The molecule has 1 aromatic rings. The van der Waals surface area contributed by atoms with E-state index in [4.69, 9.17) is 4.74 Å². The van der Waals surface area contributed by atoms with Crippen molar-refractivity contribution in [1.82, 2.24) is 15.6 Å². The maximum atomic E-state index is 12.1. The van der Waals surface area contributed by atoms with Crippen LogP contribution in [0.15, 0.2) is 18.3 Å². The summed E-state index contributed by atoms with van der Waals surface area (Å²) in [5, 5.41) is 5.62. The average Bonchev–Trinajstić information content (AvgIpc) is 3.43. The van der Waals surface area contributed by atoms with Crippen LogP contribution in [0.3, 0.4) is 0 Å². The minimum Gasteiger partial charge on any atom is -0.372 e. The molecule has 1 aromatic heterocycles. The Morgan fingerprint density at radius 1 is 1.16 bits per heavy atom. The van der Waals surface area contributed by atoms with Crippen LogP contribution in [-0.2, 0) is 9.53 Å². The van der Waals surface area contributed by atoms with Gasteiger partial charge in [0.05, 0.1) is 17.8 Å². The summed E-state index contributed by atoms with van der Waals surface area (Å²) in [6, 6.07) is 3.65. The second kappa shape index (κ2) is 7.82. The Bertz CT molecular complexity index is 605. The molecule has 1 aliphatic carbocycles. The predicted octanol–water partition coefficient (Wildman–Crippen LogP) is 0.951. The smallest absolute Gasteiger partial charge is 0.252 e. The standard InChI is InChI=1S/C18H26N4O3/c1-12-10-22(11-13(2)25-12)16-6-5-15(9-21-16)18(24)20-8-7-19-17(23)14-3-4-14/h5-6,9,12-14H,3-4,7-8,10-11H2,1-2H3,(H,19,23)(H,20,24)/t12-,13-/m1/s1. The molecule has 2 aliphatic rings. The fourth-order valence-electron chi connectivity index (χ4n) is 3.03. The Labute approximate surface area is 148 Å². The molecule has 1 saturated heterocycles. The molecule has 1 aliphatic heterocycles. The molecule has 3 rings (SSSR count). The molecule has 2 heterocycles. The zero-order valence-electron chi connectivity index (χ0n) is 14.8. The molecular weight excluding hydrogens is 320 g/mol. The van der Waals surface area contributed by atoms with Crippen LogP contribution in [0.25, 0.3) is 0 Å². The SMILES string of the molecule is C[C@@H]1CN(c2ccc(C(=O)NCCNC(=O)C3CC3)cn2)C[C@@H](C)O1. The summed E-state index contributed by atoms with van der Waals surface area (Å²) in [7, 11) is 0. The third-order valence-corrected chi connectivity index (χ3v) is 4.41. The first-order valence-corrected chi connectivity index (χ1v) is 8.95. The molecule has 2 fully saturated rings.